The molecule has 0 aliphatic carbocycles. The normalized spacial score (nSPS) is 12.3. The van der Waals surface area contributed by atoms with Crippen molar-refractivity contribution in [2.45, 2.75) is 0 Å². The standard InChI is InChI=1S/C50H27N3OS2/c1-2-16-31-30(15-1)43-34-19-5-9-25-40(34)55-48(43)45-32-17-3-7-22-37(32)53(47(31)45)29-14-11-13-28(27-29)46-44-35-20-6-10-26-41(35)56-50(44)52-49(51-46)36-21-12-24-39-42(36)33-18-4-8-23-38(33)54-39/h1-27H. The van der Waals surface area contributed by atoms with Crippen LogP contribution in [0.1, 0.15) is 0 Å². The Bertz CT molecular complexity index is 3790. The van der Waals surface area contributed by atoms with Crippen LogP contribution in [0.4, 0.5) is 0 Å². The summed E-state index contributed by atoms with van der Waals surface area (Å²) in [6, 6.07) is 58.6. The maximum atomic E-state index is 6.31. The third kappa shape index (κ3) is 4.12. The number of fused-ring (bicyclic) bond motifs is 16. The van der Waals surface area contributed by atoms with Crippen molar-refractivity contribution >= 4 is 118 Å². The van der Waals surface area contributed by atoms with Crippen molar-refractivity contribution in [3.8, 4) is 28.3 Å². The Morgan fingerprint density at radius 1 is 0.464 bits per heavy atom. The summed E-state index contributed by atoms with van der Waals surface area (Å²) >= 11 is 3.62. The van der Waals surface area contributed by atoms with Crippen molar-refractivity contribution in [2.24, 2.45) is 0 Å². The fourth-order valence-corrected chi connectivity index (χ4v) is 11.4. The molecule has 13 aromatic rings. The molecule has 8 aromatic carbocycles. The minimum absolute atomic E-state index is 0.691. The Kier molecular flexibility index (Phi) is 6.17. The highest BCUT2D eigenvalue weighted by Gasteiger charge is 2.23. The molecule has 0 N–H and O–H groups in total. The van der Waals surface area contributed by atoms with Gasteiger partial charge in [-0.15, -0.1) is 22.7 Å². The van der Waals surface area contributed by atoms with Gasteiger partial charge in [0.2, 0.25) is 0 Å². The van der Waals surface area contributed by atoms with Crippen LogP contribution in [0.2, 0.25) is 0 Å². The van der Waals surface area contributed by atoms with Crippen molar-refractivity contribution < 1.29 is 4.42 Å². The van der Waals surface area contributed by atoms with Crippen molar-refractivity contribution in [2.75, 3.05) is 0 Å². The molecule has 5 aromatic heterocycles. The largest absolute Gasteiger partial charge is 0.456 e. The van der Waals surface area contributed by atoms with Gasteiger partial charge < -0.3 is 8.98 Å². The van der Waals surface area contributed by atoms with Crippen molar-refractivity contribution in [1.82, 2.24) is 14.5 Å². The molecule has 4 nitrogen and oxygen atoms in total. The number of hydrogen-bond acceptors (Lipinski definition) is 5. The zero-order chi connectivity index (χ0) is 36.5. The molecule has 0 fully saturated rings. The smallest absolute Gasteiger partial charge is 0.162 e. The Morgan fingerprint density at radius 3 is 1.98 bits per heavy atom. The van der Waals surface area contributed by atoms with Gasteiger partial charge in [-0.25, -0.2) is 9.97 Å². The van der Waals surface area contributed by atoms with Crippen LogP contribution in [0.15, 0.2) is 168 Å². The first-order valence-corrected chi connectivity index (χ1v) is 20.4. The lowest BCUT2D eigenvalue weighted by molar-refractivity contribution is 0.669. The van der Waals surface area contributed by atoms with E-state index < -0.39 is 0 Å². The van der Waals surface area contributed by atoms with Crippen LogP contribution in [0.3, 0.4) is 0 Å². The molecule has 0 amide bonds. The van der Waals surface area contributed by atoms with E-state index in [0.717, 1.165) is 54.7 Å². The average molecular weight is 750 g/mol. The second-order valence-electron chi connectivity index (χ2n) is 14.4. The zero-order valence-corrected chi connectivity index (χ0v) is 31.3. The second kappa shape index (κ2) is 11.3. The fraction of sp³-hybridized carbons (Fsp3) is 0. The number of benzene rings is 8. The van der Waals surface area contributed by atoms with Crippen LogP contribution in [0, 0.1) is 0 Å². The first-order chi connectivity index (χ1) is 27.8. The summed E-state index contributed by atoms with van der Waals surface area (Å²) in [5.41, 5.74) is 8.12. The molecule has 0 spiro atoms. The molecule has 0 aliphatic rings. The van der Waals surface area contributed by atoms with Gasteiger partial charge in [0.1, 0.15) is 16.0 Å². The third-order valence-electron chi connectivity index (χ3n) is 11.4. The Morgan fingerprint density at radius 2 is 1.12 bits per heavy atom. The molecule has 0 saturated carbocycles. The van der Waals surface area contributed by atoms with Gasteiger partial charge in [0.05, 0.1) is 16.7 Å². The SMILES string of the molecule is c1cc(-c2nc(-c3cccc4oc5ccccc5c34)nc3sc4ccccc4c23)cc(-n2c3ccccc3c3c4sc5ccccc5c4c4ccccc4c32)c1. The summed E-state index contributed by atoms with van der Waals surface area (Å²) in [4.78, 5) is 11.8. The van der Waals surface area contributed by atoms with E-state index >= 15 is 0 Å². The number of aromatic nitrogens is 3. The van der Waals surface area contributed by atoms with E-state index in [1.54, 1.807) is 11.3 Å². The molecule has 260 valence electrons. The predicted molar refractivity (Wildman–Crippen MR) is 238 cm³/mol. The predicted octanol–water partition coefficient (Wildman–Crippen LogP) is 14.7. The molecule has 5 heterocycles. The van der Waals surface area contributed by atoms with E-state index in [0.29, 0.717) is 5.82 Å². The van der Waals surface area contributed by atoms with E-state index in [9.17, 15) is 0 Å². The Balaban J connectivity index is 1.12. The lowest BCUT2D eigenvalue weighted by atomic mass is 9.99. The van der Waals surface area contributed by atoms with Crippen LogP contribution >= 0.6 is 22.7 Å². The van der Waals surface area contributed by atoms with Gasteiger partial charge in [0, 0.05) is 79.4 Å². The van der Waals surface area contributed by atoms with Crippen molar-refractivity contribution in [1.29, 1.82) is 0 Å². The Labute approximate surface area is 327 Å². The number of thiophene rings is 2. The monoisotopic (exact) mass is 749 g/mol. The number of nitrogens with zero attached hydrogens (tertiary/aromatic N) is 3. The average Bonchev–Trinajstić information content (AvgIpc) is 4.02. The molecule has 0 bridgehead atoms. The maximum absolute atomic E-state index is 6.31. The molecular formula is C50H27N3OS2. The molecule has 0 atom stereocenters. The van der Waals surface area contributed by atoms with E-state index in [4.69, 9.17) is 14.4 Å². The number of rotatable bonds is 3. The van der Waals surface area contributed by atoms with E-state index in [2.05, 4.69) is 144 Å². The summed E-state index contributed by atoms with van der Waals surface area (Å²) in [6.45, 7) is 0. The summed E-state index contributed by atoms with van der Waals surface area (Å²) in [5, 5.41) is 12.1. The second-order valence-corrected chi connectivity index (χ2v) is 16.5. The number of hydrogen-bond donors (Lipinski definition) is 0. The molecule has 0 radical (unpaired) electrons. The summed E-state index contributed by atoms with van der Waals surface area (Å²) in [7, 11) is 0. The molecular weight excluding hydrogens is 723 g/mol. The van der Waals surface area contributed by atoms with Gasteiger partial charge in [0.15, 0.2) is 5.82 Å². The van der Waals surface area contributed by atoms with Crippen molar-refractivity contribution in [3.63, 3.8) is 0 Å². The fourth-order valence-electron chi connectivity index (χ4n) is 9.10. The maximum Gasteiger partial charge on any atom is 0.162 e. The number of furan rings is 1. The van der Waals surface area contributed by atoms with Crippen LogP contribution in [0.5, 0.6) is 0 Å². The lowest BCUT2D eigenvalue weighted by Gasteiger charge is -2.13. The quantitative estimate of drug-likeness (QED) is 0.181. The highest BCUT2D eigenvalue weighted by molar-refractivity contribution is 7.27. The Hall–Kier alpha value is -6.86. The van der Waals surface area contributed by atoms with E-state index in [1.165, 1.54) is 62.8 Å². The topological polar surface area (TPSA) is 43.9 Å². The molecule has 6 heteroatoms. The molecule has 0 saturated heterocycles. The van der Waals surface area contributed by atoms with Gasteiger partial charge in [-0.3, -0.25) is 0 Å². The van der Waals surface area contributed by atoms with Gasteiger partial charge in [-0.05, 0) is 47.9 Å². The van der Waals surface area contributed by atoms with Gasteiger partial charge in [-0.2, -0.15) is 0 Å². The van der Waals surface area contributed by atoms with Gasteiger partial charge in [-0.1, -0.05) is 121 Å². The summed E-state index contributed by atoms with van der Waals surface area (Å²) < 4.78 is 12.6. The third-order valence-corrected chi connectivity index (χ3v) is 13.7. The van der Waals surface area contributed by atoms with E-state index in [-0.39, 0.29) is 0 Å². The van der Waals surface area contributed by atoms with Crippen LogP contribution in [-0.2, 0) is 0 Å². The molecule has 56 heavy (non-hydrogen) atoms. The molecule has 0 aliphatic heterocycles. The van der Waals surface area contributed by atoms with Crippen LogP contribution < -0.4 is 0 Å². The lowest BCUT2D eigenvalue weighted by Crippen LogP contribution is -1.97. The van der Waals surface area contributed by atoms with Gasteiger partial charge in [0.25, 0.3) is 0 Å². The number of para-hydroxylation sites is 2. The zero-order valence-electron chi connectivity index (χ0n) is 29.7. The minimum Gasteiger partial charge on any atom is -0.456 e. The van der Waals surface area contributed by atoms with Crippen molar-refractivity contribution in [3.05, 3.63) is 164 Å². The first kappa shape index (κ1) is 30.5. The molecule has 13 rings (SSSR count). The summed E-state index contributed by atoms with van der Waals surface area (Å²) in [6.07, 6.45) is 0. The van der Waals surface area contributed by atoms with Gasteiger partial charge >= 0.3 is 0 Å². The van der Waals surface area contributed by atoms with Crippen LogP contribution in [0.25, 0.3) is 123 Å². The summed E-state index contributed by atoms with van der Waals surface area (Å²) in [5.74, 6) is 0.691. The first-order valence-electron chi connectivity index (χ1n) is 18.7. The minimum atomic E-state index is 0.691. The van der Waals surface area contributed by atoms with Crippen LogP contribution in [-0.4, -0.2) is 14.5 Å². The highest BCUT2D eigenvalue weighted by atomic mass is 32.1. The van der Waals surface area contributed by atoms with E-state index in [1.807, 2.05) is 35.6 Å². The molecule has 0 unspecified atom stereocenters. The highest BCUT2D eigenvalue weighted by Crippen LogP contribution is 2.48.